The van der Waals surface area contributed by atoms with E-state index in [0.717, 1.165) is 10.1 Å². The van der Waals surface area contributed by atoms with Crippen LogP contribution in [0.2, 0.25) is 0 Å². The van der Waals surface area contributed by atoms with Crippen molar-refractivity contribution in [2.45, 2.75) is 26.3 Å². The summed E-state index contributed by atoms with van der Waals surface area (Å²) < 4.78 is 55.0. The molecule has 0 fully saturated rings. The van der Waals surface area contributed by atoms with Crippen LogP contribution in [0.3, 0.4) is 0 Å². The van der Waals surface area contributed by atoms with Crippen molar-refractivity contribution in [3.63, 3.8) is 0 Å². The Hall–Kier alpha value is -2.78. The number of ether oxygens (including phenoxy) is 1. The van der Waals surface area contributed by atoms with Crippen molar-refractivity contribution in [2.75, 3.05) is 14.1 Å². The van der Waals surface area contributed by atoms with Gasteiger partial charge in [0.1, 0.15) is 11.6 Å². The first kappa shape index (κ1) is 19.5. The number of nitrogens with zero attached hydrogens (tertiary/aromatic N) is 4. The molecular weight excluding hydrogens is 354 g/mol. The van der Waals surface area contributed by atoms with Gasteiger partial charge in [0.2, 0.25) is 0 Å². The molecule has 0 amide bonds. The molecule has 0 saturated heterocycles. The minimum absolute atomic E-state index is 0.0766. The Balaban J connectivity index is 1.94. The Morgan fingerprint density at radius 3 is 2.54 bits per heavy atom. The number of hydrogen-bond acceptors (Lipinski definition) is 3. The average Bonchev–Trinajstić information content (AvgIpc) is 3.05. The van der Waals surface area contributed by atoms with E-state index in [1.54, 1.807) is 31.1 Å². The van der Waals surface area contributed by atoms with E-state index in [-0.39, 0.29) is 18.1 Å². The summed E-state index contributed by atoms with van der Waals surface area (Å²) in [6.07, 6.45) is 2.51. The fourth-order valence-corrected chi connectivity index (χ4v) is 2.33. The first-order chi connectivity index (χ1) is 12.4. The third kappa shape index (κ3) is 5.36. The lowest BCUT2D eigenvalue weighted by molar-refractivity contribution is -0.0498. The molecule has 1 heterocycles. The summed E-state index contributed by atoms with van der Waals surface area (Å²) >= 11 is 0. The standard InChI is InChI=1S/C16H19F4N5O/c1-21-16(23-9-13-22-7-8-25(13)14(17)18)24(2)10-11-3-5-12(6-4-11)26-15(19)20/h3-8,14-15H,9-10H2,1-2H3,(H,21,23). The zero-order valence-corrected chi connectivity index (χ0v) is 14.2. The van der Waals surface area contributed by atoms with Gasteiger partial charge in [-0.15, -0.1) is 0 Å². The molecule has 6 nitrogen and oxygen atoms in total. The Kier molecular flexibility index (Phi) is 6.81. The van der Waals surface area contributed by atoms with Crippen molar-refractivity contribution in [1.82, 2.24) is 19.8 Å². The Morgan fingerprint density at radius 2 is 1.96 bits per heavy atom. The molecule has 0 saturated carbocycles. The molecule has 0 radical (unpaired) electrons. The van der Waals surface area contributed by atoms with Crippen LogP contribution in [0.25, 0.3) is 0 Å². The monoisotopic (exact) mass is 373 g/mol. The third-order valence-electron chi connectivity index (χ3n) is 3.51. The number of aliphatic imine (C=N–C) groups is 1. The second kappa shape index (κ2) is 9.07. The normalized spacial score (nSPS) is 11.9. The van der Waals surface area contributed by atoms with Gasteiger partial charge in [-0.1, -0.05) is 12.1 Å². The van der Waals surface area contributed by atoms with Gasteiger partial charge in [-0.05, 0) is 17.7 Å². The minimum Gasteiger partial charge on any atom is -0.435 e. The number of benzene rings is 1. The van der Waals surface area contributed by atoms with Gasteiger partial charge in [0.15, 0.2) is 5.96 Å². The largest absolute Gasteiger partial charge is 0.435 e. The summed E-state index contributed by atoms with van der Waals surface area (Å²) in [6.45, 7) is -5.02. The SMILES string of the molecule is CN=C(NCc1nccn1C(F)F)N(C)Cc1ccc(OC(F)F)cc1. The second-order valence-electron chi connectivity index (χ2n) is 5.31. The van der Waals surface area contributed by atoms with Crippen LogP contribution < -0.4 is 10.1 Å². The third-order valence-corrected chi connectivity index (χ3v) is 3.51. The second-order valence-corrected chi connectivity index (χ2v) is 5.31. The number of rotatable bonds is 7. The minimum atomic E-state index is -2.87. The number of guanidine groups is 1. The number of hydrogen-bond donors (Lipinski definition) is 1. The van der Waals surface area contributed by atoms with Crippen molar-refractivity contribution >= 4 is 5.96 Å². The molecule has 10 heteroatoms. The number of aromatic nitrogens is 2. The van der Waals surface area contributed by atoms with Gasteiger partial charge in [0, 0.05) is 33.0 Å². The zero-order valence-electron chi connectivity index (χ0n) is 14.2. The topological polar surface area (TPSA) is 54.7 Å². The molecule has 1 aromatic heterocycles. The molecule has 2 rings (SSSR count). The Labute approximate surface area is 148 Å². The highest BCUT2D eigenvalue weighted by Gasteiger charge is 2.13. The van der Waals surface area contributed by atoms with E-state index in [1.165, 1.54) is 24.5 Å². The summed E-state index contributed by atoms with van der Waals surface area (Å²) in [4.78, 5) is 9.75. The molecule has 1 aromatic carbocycles. The average molecular weight is 373 g/mol. The van der Waals surface area contributed by atoms with Crippen molar-refractivity contribution in [3.8, 4) is 5.75 Å². The first-order valence-corrected chi connectivity index (χ1v) is 7.66. The summed E-state index contributed by atoms with van der Waals surface area (Å²) in [5.41, 5.74) is 0.839. The van der Waals surface area contributed by atoms with Crippen LogP contribution in [0.5, 0.6) is 5.75 Å². The molecule has 0 aliphatic carbocycles. The fourth-order valence-electron chi connectivity index (χ4n) is 2.33. The summed E-state index contributed by atoms with van der Waals surface area (Å²) in [6, 6.07) is 6.21. The smallest absolute Gasteiger partial charge is 0.387 e. The van der Waals surface area contributed by atoms with Gasteiger partial charge in [-0.3, -0.25) is 9.56 Å². The molecule has 0 atom stereocenters. The van der Waals surface area contributed by atoms with Gasteiger partial charge >= 0.3 is 13.2 Å². The highest BCUT2D eigenvalue weighted by molar-refractivity contribution is 5.79. The summed E-state index contributed by atoms with van der Waals surface area (Å²) in [5, 5.41) is 2.96. The number of alkyl halides is 4. The van der Waals surface area contributed by atoms with Crippen LogP contribution >= 0.6 is 0 Å². The molecule has 26 heavy (non-hydrogen) atoms. The van der Waals surface area contributed by atoms with Crippen molar-refractivity contribution in [3.05, 3.63) is 48.0 Å². The first-order valence-electron chi connectivity index (χ1n) is 7.66. The van der Waals surface area contributed by atoms with Gasteiger partial charge < -0.3 is 15.0 Å². The number of nitrogens with one attached hydrogen (secondary N) is 1. The molecule has 2 aromatic rings. The van der Waals surface area contributed by atoms with Gasteiger partial charge in [-0.25, -0.2) is 4.98 Å². The molecular formula is C16H19F4N5O. The van der Waals surface area contributed by atoms with E-state index in [4.69, 9.17) is 0 Å². The van der Waals surface area contributed by atoms with Crippen molar-refractivity contribution < 1.29 is 22.3 Å². The van der Waals surface area contributed by atoms with E-state index in [2.05, 4.69) is 20.0 Å². The van der Waals surface area contributed by atoms with Crippen LogP contribution in [-0.4, -0.2) is 41.1 Å². The molecule has 0 spiro atoms. The lowest BCUT2D eigenvalue weighted by Gasteiger charge is -2.22. The highest BCUT2D eigenvalue weighted by atomic mass is 19.3. The Bertz CT molecular complexity index is 718. The highest BCUT2D eigenvalue weighted by Crippen LogP contribution is 2.16. The predicted molar refractivity (Wildman–Crippen MR) is 88.2 cm³/mol. The molecule has 0 unspecified atom stereocenters. The molecule has 0 bridgehead atoms. The van der Waals surface area contributed by atoms with Crippen LogP contribution in [-0.2, 0) is 13.1 Å². The zero-order chi connectivity index (χ0) is 19.1. The van der Waals surface area contributed by atoms with Crippen LogP contribution in [0.4, 0.5) is 17.6 Å². The Morgan fingerprint density at radius 1 is 1.27 bits per heavy atom. The van der Waals surface area contributed by atoms with Crippen molar-refractivity contribution in [2.24, 2.45) is 4.99 Å². The predicted octanol–water partition coefficient (Wildman–Crippen LogP) is 3.09. The number of imidazole rings is 1. The quantitative estimate of drug-likeness (QED) is 0.460. The van der Waals surface area contributed by atoms with Crippen LogP contribution in [0.15, 0.2) is 41.7 Å². The van der Waals surface area contributed by atoms with E-state index in [0.29, 0.717) is 12.5 Å². The van der Waals surface area contributed by atoms with Crippen molar-refractivity contribution in [1.29, 1.82) is 0 Å². The van der Waals surface area contributed by atoms with Gasteiger partial charge in [0.05, 0.1) is 6.54 Å². The van der Waals surface area contributed by atoms with Gasteiger partial charge in [-0.2, -0.15) is 17.6 Å². The van der Waals surface area contributed by atoms with E-state index >= 15 is 0 Å². The van der Waals surface area contributed by atoms with E-state index in [1.807, 2.05) is 0 Å². The maximum absolute atomic E-state index is 12.8. The van der Waals surface area contributed by atoms with E-state index < -0.39 is 13.2 Å². The molecule has 0 aliphatic heterocycles. The lowest BCUT2D eigenvalue weighted by Crippen LogP contribution is -2.38. The van der Waals surface area contributed by atoms with E-state index in [9.17, 15) is 17.6 Å². The fraction of sp³-hybridized carbons (Fsp3) is 0.375. The van der Waals surface area contributed by atoms with Crippen LogP contribution in [0.1, 0.15) is 17.9 Å². The summed E-state index contributed by atoms with van der Waals surface area (Å²) in [7, 11) is 3.33. The molecule has 1 N–H and O–H groups in total. The summed E-state index contributed by atoms with van der Waals surface area (Å²) in [5.74, 6) is 0.734. The molecule has 142 valence electrons. The maximum atomic E-state index is 12.8. The lowest BCUT2D eigenvalue weighted by atomic mass is 10.2. The molecule has 0 aliphatic rings. The maximum Gasteiger partial charge on any atom is 0.387 e. The van der Waals surface area contributed by atoms with Crippen LogP contribution in [0, 0.1) is 0 Å². The van der Waals surface area contributed by atoms with Gasteiger partial charge in [0.25, 0.3) is 0 Å². The number of halogens is 4.